The van der Waals surface area contributed by atoms with Crippen LogP contribution in [0.5, 0.6) is 0 Å². The molecule has 5 heteroatoms. The van der Waals surface area contributed by atoms with E-state index >= 15 is 0 Å². The summed E-state index contributed by atoms with van der Waals surface area (Å²) < 4.78 is 5.18. The van der Waals surface area contributed by atoms with Crippen molar-refractivity contribution in [1.82, 2.24) is 5.32 Å². The number of amides is 1. The van der Waals surface area contributed by atoms with Crippen LogP contribution >= 0.6 is 0 Å². The Morgan fingerprint density at radius 1 is 1.04 bits per heavy atom. The van der Waals surface area contributed by atoms with Crippen LogP contribution in [0.4, 0.5) is 0 Å². The molecule has 0 aliphatic carbocycles. The van der Waals surface area contributed by atoms with Crippen molar-refractivity contribution in [2.75, 3.05) is 0 Å². The van der Waals surface area contributed by atoms with Gasteiger partial charge in [0.15, 0.2) is 18.4 Å². The molecule has 5 nitrogen and oxygen atoms in total. The molecule has 0 heterocycles. The van der Waals surface area contributed by atoms with Gasteiger partial charge in [-0.05, 0) is 24.1 Å². The predicted octanol–water partition coefficient (Wildman–Crippen LogP) is 2.68. The molecule has 1 amide bonds. The second-order valence-electron chi connectivity index (χ2n) is 5.20. The second-order valence-corrected chi connectivity index (χ2v) is 5.20. The highest BCUT2D eigenvalue weighted by Crippen LogP contribution is 2.17. The maximum Gasteiger partial charge on any atom is 0.334 e. The van der Waals surface area contributed by atoms with Crippen LogP contribution in [0.3, 0.4) is 0 Å². The third-order valence-corrected chi connectivity index (χ3v) is 3.50. The average Bonchev–Trinajstić information content (AvgIpc) is 2.65. The lowest BCUT2D eigenvalue weighted by atomic mass is 10.1. The molecule has 0 saturated carbocycles. The molecule has 2 aromatic rings. The van der Waals surface area contributed by atoms with Crippen LogP contribution in [0.2, 0.25) is 0 Å². The van der Waals surface area contributed by atoms with Crippen molar-refractivity contribution in [2.24, 2.45) is 0 Å². The molecule has 0 saturated heterocycles. The van der Waals surface area contributed by atoms with Crippen LogP contribution in [-0.4, -0.2) is 24.3 Å². The predicted molar refractivity (Wildman–Crippen MR) is 89.3 cm³/mol. The van der Waals surface area contributed by atoms with Crippen molar-refractivity contribution >= 4 is 18.2 Å². The largest absolute Gasteiger partial charge is 0.453 e. The number of carbonyl (C=O) groups excluding carboxylic acids is 3. The van der Waals surface area contributed by atoms with Crippen LogP contribution in [0.15, 0.2) is 60.7 Å². The van der Waals surface area contributed by atoms with E-state index in [4.69, 9.17) is 4.74 Å². The zero-order chi connectivity index (χ0) is 17.4. The van der Waals surface area contributed by atoms with E-state index in [0.717, 1.165) is 0 Å². The Kier molecular flexibility index (Phi) is 6.25. The zero-order valence-electron chi connectivity index (χ0n) is 13.3. The van der Waals surface area contributed by atoms with Gasteiger partial charge in [-0.25, -0.2) is 4.79 Å². The third kappa shape index (κ3) is 4.52. The normalized spacial score (nSPS) is 12.7. The number of esters is 1. The number of ether oxygens (including phenoxy) is 1. The first-order chi connectivity index (χ1) is 11.7. The minimum absolute atomic E-state index is 0.378. The first kappa shape index (κ1) is 17.4. The Bertz CT molecular complexity index is 685. The smallest absolute Gasteiger partial charge is 0.334 e. The molecule has 0 aromatic heterocycles. The topological polar surface area (TPSA) is 72.5 Å². The Morgan fingerprint density at radius 3 is 2.17 bits per heavy atom. The summed E-state index contributed by atoms with van der Waals surface area (Å²) in [6, 6.07) is 16.4. The van der Waals surface area contributed by atoms with E-state index in [1.165, 1.54) is 0 Å². The van der Waals surface area contributed by atoms with Crippen molar-refractivity contribution in [3.63, 3.8) is 0 Å². The van der Waals surface area contributed by atoms with Crippen LogP contribution < -0.4 is 5.32 Å². The van der Waals surface area contributed by atoms with Gasteiger partial charge in [-0.3, -0.25) is 9.59 Å². The molecule has 124 valence electrons. The van der Waals surface area contributed by atoms with E-state index in [1.54, 1.807) is 61.5 Å². The summed E-state index contributed by atoms with van der Waals surface area (Å²) in [6.07, 6.45) is 0.139. The van der Waals surface area contributed by atoms with E-state index < -0.39 is 18.1 Å². The highest BCUT2D eigenvalue weighted by Gasteiger charge is 2.26. The van der Waals surface area contributed by atoms with Gasteiger partial charge in [-0.1, -0.05) is 55.5 Å². The fraction of sp³-hybridized carbons (Fsp3) is 0.211. The Labute approximate surface area is 140 Å². The molecular formula is C19H19NO4. The van der Waals surface area contributed by atoms with Crippen molar-refractivity contribution in [3.8, 4) is 0 Å². The summed E-state index contributed by atoms with van der Waals surface area (Å²) in [5.41, 5.74) is 1.03. The fourth-order valence-corrected chi connectivity index (χ4v) is 2.15. The number of rotatable bonds is 7. The molecule has 0 aliphatic rings. The van der Waals surface area contributed by atoms with Crippen LogP contribution in [0.25, 0.3) is 0 Å². The van der Waals surface area contributed by atoms with Crippen LogP contribution in [0, 0.1) is 0 Å². The highest BCUT2D eigenvalue weighted by atomic mass is 16.5. The molecule has 2 atom stereocenters. The number of benzene rings is 2. The van der Waals surface area contributed by atoms with E-state index in [2.05, 4.69) is 5.32 Å². The lowest BCUT2D eigenvalue weighted by Gasteiger charge is -2.20. The molecule has 24 heavy (non-hydrogen) atoms. The molecule has 0 radical (unpaired) electrons. The summed E-state index contributed by atoms with van der Waals surface area (Å²) in [5.74, 6) is -1.05. The van der Waals surface area contributed by atoms with Crippen molar-refractivity contribution < 1.29 is 19.1 Å². The summed E-state index contributed by atoms with van der Waals surface area (Å²) in [7, 11) is 0. The standard InChI is InChI=1S/C19H19NO4/c1-2-16(13-21)24-19(23)17(14-9-5-3-6-10-14)20-18(22)15-11-7-4-8-12-15/h3-13,16-17H,2H2,1H3,(H,20,22). The van der Waals surface area contributed by atoms with Crippen LogP contribution in [0.1, 0.15) is 35.3 Å². The Morgan fingerprint density at radius 2 is 1.62 bits per heavy atom. The first-order valence-electron chi connectivity index (χ1n) is 7.72. The van der Waals surface area contributed by atoms with Crippen LogP contribution in [-0.2, 0) is 14.3 Å². The molecule has 0 fully saturated rings. The van der Waals surface area contributed by atoms with Gasteiger partial charge in [0.1, 0.15) is 0 Å². The van der Waals surface area contributed by atoms with E-state index in [1.807, 2.05) is 6.07 Å². The van der Waals surface area contributed by atoms with Gasteiger partial charge < -0.3 is 10.1 Å². The maximum absolute atomic E-state index is 12.4. The summed E-state index contributed by atoms with van der Waals surface area (Å²) in [4.78, 5) is 35.7. The fourth-order valence-electron chi connectivity index (χ4n) is 2.15. The lowest BCUT2D eigenvalue weighted by molar-refractivity contribution is -0.154. The Hall–Kier alpha value is -2.95. The highest BCUT2D eigenvalue weighted by molar-refractivity contribution is 5.97. The molecule has 0 aliphatic heterocycles. The lowest BCUT2D eigenvalue weighted by Crippen LogP contribution is -2.36. The van der Waals surface area contributed by atoms with E-state index in [0.29, 0.717) is 23.8 Å². The molecule has 2 rings (SSSR count). The van der Waals surface area contributed by atoms with Gasteiger partial charge in [-0.15, -0.1) is 0 Å². The van der Waals surface area contributed by atoms with E-state index in [-0.39, 0.29) is 5.91 Å². The average molecular weight is 325 g/mol. The Balaban J connectivity index is 2.22. The van der Waals surface area contributed by atoms with Gasteiger partial charge in [0.25, 0.3) is 5.91 Å². The van der Waals surface area contributed by atoms with Gasteiger partial charge in [0.05, 0.1) is 0 Å². The molecule has 1 N–H and O–H groups in total. The quantitative estimate of drug-likeness (QED) is 0.627. The first-order valence-corrected chi connectivity index (χ1v) is 7.72. The molecule has 0 bridgehead atoms. The van der Waals surface area contributed by atoms with Gasteiger partial charge in [0, 0.05) is 5.56 Å². The van der Waals surface area contributed by atoms with Gasteiger partial charge in [0.2, 0.25) is 0 Å². The van der Waals surface area contributed by atoms with Crippen molar-refractivity contribution in [1.29, 1.82) is 0 Å². The second kappa shape index (κ2) is 8.62. The molecule has 2 aromatic carbocycles. The minimum atomic E-state index is -0.979. The molecule has 2 unspecified atom stereocenters. The van der Waals surface area contributed by atoms with Crippen molar-refractivity contribution in [3.05, 3.63) is 71.8 Å². The minimum Gasteiger partial charge on any atom is -0.453 e. The van der Waals surface area contributed by atoms with E-state index in [9.17, 15) is 14.4 Å². The number of hydrogen-bond acceptors (Lipinski definition) is 4. The molecule has 0 spiro atoms. The SMILES string of the molecule is CCC(C=O)OC(=O)C(NC(=O)c1ccccc1)c1ccccc1. The maximum atomic E-state index is 12.4. The summed E-state index contributed by atoms with van der Waals surface area (Å²) in [5, 5.41) is 2.67. The zero-order valence-corrected chi connectivity index (χ0v) is 13.3. The third-order valence-electron chi connectivity index (χ3n) is 3.50. The monoisotopic (exact) mass is 325 g/mol. The number of nitrogens with one attached hydrogen (secondary N) is 1. The summed E-state index contributed by atoms with van der Waals surface area (Å²) >= 11 is 0. The van der Waals surface area contributed by atoms with Crippen molar-refractivity contribution in [2.45, 2.75) is 25.5 Å². The molecular weight excluding hydrogens is 306 g/mol. The van der Waals surface area contributed by atoms with Gasteiger partial charge in [-0.2, -0.15) is 0 Å². The number of aldehydes is 1. The number of carbonyl (C=O) groups is 3. The van der Waals surface area contributed by atoms with Gasteiger partial charge >= 0.3 is 5.97 Å². The summed E-state index contributed by atoms with van der Waals surface area (Å²) in [6.45, 7) is 1.74. The number of hydrogen-bond donors (Lipinski definition) is 1.